The molecule has 1 amide bonds. The molecule has 0 aliphatic carbocycles. The summed E-state index contributed by atoms with van der Waals surface area (Å²) in [4.78, 5) is 14.2. The van der Waals surface area contributed by atoms with Crippen molar-refractivity contribution in [2.24, 2.45) is 12.8 Å². The minimum atomic E-state index is -0.524. The van der Waals surface area contributed by atoms with Gasteiger partial charge < -0.3 is 11.1 Å². The average Bonchev–Trinajstić information content (AvgIpc) is 3.19. The topological polar surface area (TPSA) is 72.9 Å². The first-order valence-electron chi connectivity index (χ1n) is 8.84. The zero-order valence-corrected chi connectivity index (χ0v) is 16.7. The van der Waals surface area contributed by atoms with Gasteiger partial charge in [-0.2, -0.15) is 5.10 Å². The Kier molecular flexibility index (Phi) is 5.90. The van der Waals surface area contributed by atoms with Gasteiger partial charge in [0.2, 0.25) is 0 Å². The largest absolute Gasteiger partial charge is 0.347 e. The van der Waals surface area contributed by atoms with Crippen molar-refractivity contribution in [1.82, 2.24) is 15.1 Å². The van der Waals surface area contributed by atoms with Gasteiger partial charge in [-0.25, -0.2) is 8.78 Å². The van der Waals surface area contributed by atoms with Crippen LogP contribution in [0.15, 0.2) is 30.5 Å². The third-order valence-electron chi connectivity index (χ3n) is 4.61. The maximum atomic E-state index is 13.9. The SMILES string of the molecule is Cc1cnn(C)c1-c1cc(C(=O)N[C@H](CN)Cc2cc(F)ccc2F)sc1C. The summed E-state index contributed by atoms with van der Waals surface area (Å²) in [5.41, 5.74) is 8.87. The van der Waals surface area contributed by atoms with Crippen molar-refractivity contribution >= 4 is 17.2 Å². The fraction of sp³-hybridized carbons (Fsp3) is 0.300. The van der Waals surface area contributed by atoms with Gasteiger partial charge in [-0.15, -0.1) is 11.3 Å². The smallest absolute Gasteiger partial charge is 0.261 e. The summed E-state index contributed by atoms with van der Waals surface area (Å²) in [6, 6.07) is 4.59. The van der Waals surface area contributed by atoms with Gasteiger partial charge in [0.1, 0.15) is 11.6 Å². The lowest BCUT2D eigenvalue weighted by Crippen LogP contribution is -2.41. The van der Waals surface area contributed by atoms with Crippen molar-refractivity contribution < 1.29 is 13.6 Å². The molecule has 8 heteroatoms. The first-order valence-corrected chi connectivity index (χ1v) is 9.66. The molecule has 2 aromatic heterocycles. The summed E-state index contributed by atoms with van der Waals surface area (Å²) in [6.45, 7) is 4.03. The minimum Gasteiger partial charge on any atom is -0.347 e. The molecule has 3 aromatic rings. The first kappa shape index (κ1) is 20.2. The number of aromatic nitrogens is 2. The molecule has 0 saturated carbocycles. The van der Waals surface area contributed by atoms with E-state index < -0.39 is 17.7 Å². The monoisotopic (exact) mass is 404 g/mol. The quantitative estimate of drug-likeness (QED) is 0.662. The zero-order chi connectivity index (χ0) is 20.4. The summed E-state index contributed by atoms with van der Waals surface area (Å²) < 4.78 is 29.1. The summed E-state index contributed by atoms with van der Waals surface area (Å²) in [5.74, 6) is -1.33. The molecule has 3 N–H and O–H groups in total. The van der Waals surface area contributed by atoms with Crippen LogP contribution < -0.4 is 11.1 Å². The Morgan fingerprint density at radius 3 is 2.71 bits per heavy atom. The molecule has 148 valence electrons. The third-order valence-corrected chi connectivity index (χ3v) is 5.66. The van der Waals surface area contributed by atoms with E-state index in [-0.39, 0.29) is 24.4 Å². The molecule has 1 atom stereocenters. The van der Waals surface area contributed by atoms with Crippen LogP contribution in [0.5, 0.6) is 0 Å². The van der Waals surface area contributed by atoms with Crippen molar-refractivity contribution in [3.63, 3.8) is 0 Å². The van der Waals surface area contributed by atoms with E-state index in [1.807, 2.05) is 27.0 Å². The molecule has 0 bridgehead atoms. The molecule has 0 radical (unpaired) electrons. The highest BCUT2D eigenvalue weighted by Crippen LogP contribution is 2.32. The van der Waals surface area contributed by atoms with Crippen LogP contribution >= 0.6 is 11.3 Å². The number of carbonyl (C=O) groups excluding carboxylic acids is 1. The summed E-state index contributed by atoms with van der Waals surface area (Å²) in [5, 5.41) is 7.08. The molecule has 0 spiro atoms. The lowest BCUT2D eigenvalue weighted by atomic mass is 10.0. The predicted octanol–water partition coefficient (Wildman–Crippen LogP) is 3.34. The summed E-state index contributed by atoms with van der Waals surface area (Å²) >= 11 is 1.37. The number of aryl methyl sites for hydroxylation is 3. The van der Waals surface area contributed by atoms with Gasteiger partial charge in [0.25, 0.3) is 5.91 Å². The van der Waals surface area contributed by atoms with Crippen molar-refractivity contribution in [2.75, 3.05) is 6.54 Å². The zero-order valence-electron chi connectivity index (χ0n) is 15.9. The molecule has 28 heavy (non-hydrogen) atoms. The van der Waals surface area contributed by atoms with Gasteiger partial charge in [0.05, 0.1) is 16.8 Å². The van der Waals surface area contributed by atoms with Crippen molar-refractivity contribution in [1.29, 1.82) is 0 Å². The Bertz CT molecular complexity index is 992. The summed E-state index contributed by atoms with van der Waals surface area (Å²) in [7, 11) is 1.86. The second kappa shape index (κ2) is 8.20. The van der Waals surface area contributed by atoms with E-state index in [2.05, 4.69) is 10.4 Å². The lowest BCUT2D eigenvalue weighted by molar-refractivity contribution is 0.0942. The second-order valence-electron chi connectivity index (χ2n) is 6.73. The molecule has 0 aliphatic rings. The number of hydrogen-bond acceptors (Lipinski definition) is 4. The molecule has 2 heterocycles. The highest BCUT2D eigenvalue weighted by molar-refractivity contribution is 7.14. The molecule has 0 fully saturated rings. The van der Waals surface area contributed by atoms with Crippen molar-refractivity contribution in [2.45, 2.75) is 26.3 Å². The van der Waals surface area contributed by atoms with Crippen LogP contribution in [0.4, 0.5) is 8.78 Å². The lowest BCUT2D eigenvalue weighted by Gasteiger charge is -2.17. The number of amides is 1. The van der Waals surface area contributed by atoms with Gasteiger partial charge >= 0.3 is 0 Å². The van der Waals surface area contributed by atoms with E-state index >= 15 is 0 Å². The van der Waals surface area contributed by atoms with Gasteiger partial charge in [-0.05, 0) is 55.7 Å². The second-order valence-corrected chi connectivity index (χ2v) is 7.98. The normalized spacial score (nSPS) is 12.2. The van der Waals surface area contributed by atoms with E-state index in [9.17, 15) is 13.6 Å². The van der Waals surface area contributed by atoms with E-state index in [1.165, 1.54) is 11.3 Å². The Hall–Kier alpha value is -2.58. The Morgan fingerprint density at radius 2 is 2.07 bits per heavy atom. The molecule has 1 aromatic carbocycles. The number of nitrogens with one attached hydrogen (secondary N) is 1. The van der Waals surface area contributed by atoms with E-state index in [0.717, 1.165) is 39.9 Å². The molecular weight excluding hydrogens is 382 g/mol. The van der Waals surface area contributed by atoms with E-state index in [4.69, 9.17) is 5.73 Å². The maximum Gasteiger partial charge on any atom is 0.261 e. The van der Waals surface area contributed by atoms with E-state index in [1.54, 1.807) is 10.9 Å². The number of nitrogens with zero attached hydrogens (tertiary/aromatic N) is 2. The third kappa shape index (κ3) is 4.13. The fourth-order valence-corrected chi connectivity index (χ4v) is 4.10. The first-order chi connectivity index (χ1) is 13.3. The van der Waals surface area contributed by atoms with Crippen molar-refractivity contribution in [3.05, 3.63) is 63.0 Å². The van der Waals surface area contributed by atoms with Gasteiger partial charge in [-0.1, -0.05) is 0 Å². The van der Waals surface area contributed by atoms with Crippen LogP contribution in [0.25, 0.3) is 11.3 Å². The standard InChI is InChI=1S/C20H22F2N4OS/c1-11-10-24-26(3)19(11)16-8-18(28-12(16)2)20(27)25-15(9-23)7-13-6-14(21)4-5-17(13)22/h4-6,8,10,15H,7,9,23H2,1-3H3,(H,25,27)/t15-/m0/s1. The molecule has 5 nitrogen and oxygen atoms in total. The number of carbonyl (C=O) groups is 1. The number of halogens is 2. The number of rotatable bonds is 6. The number of nitrogens with two attached hydrogens (primary N) is 1. The van der Waals surface area contributed by atoms with Gasteiger partial charge in [0, 0.05) is 30.1 Å². The Morgan fingerprint density at radius 1 is 1.32 bits per heavy atom. The molecule has 0 aliphatic heterocycles. The predicted molar refractivity (Wildman–Crippen MR) is 106 cm³/mol. The highest BCUT2D eigenvalue weighted by Gasteiger charge is 2.20. The van der Waals surface area contributed by atoms with Gasteiger partial charge in [-0.3, -0.25) is 9.48 Å². The molecule has 0 unspecified atom stereocenters. The maximum absolute atomic E-state index is 13.9. The van der Waals surface area contributed by atoms with Crippen LogP contribution in [0, 0.1) is 25.5 Å². The van der Waals surface area contributed by atoms with Crippen molar-refractivity contribution in [3.8, 4) is 11.3 Å². The Labute approximate surface area is 166 Å². The highest BCUT2D eigenvalue weighted by atomic mass is 32.1. The van der Waals surface area contributed by atoms with Gasteiger partial charge in [0.15, 0.2) is 0 Å². The van der Waals surface area contributed by atoms with E-state index in [0.29, 0.717) is 4.88 Å². The molecule has 3 rings (SSSR count). The Balaban J connectivity index is 1.78. The van der Waals surface area contributed by atoms with Crippen LogP contribution in [0.2, 0.25) is 0 Å². The number of hydrogen-bond donors (Lipinski definition) is 2. The number of thiophene rings is 1. The average molecular weight is 404 g/mol. The molecular formula is C20H22F2N4OS. The minimum absolute atomic E-state index is 0.111. The number of benzene rings is 1. The summed E-state index contributed by atoms with van der Waals surface area (Å²) in [6.07, 6.45) is 1.90. The van der Waals surface area contributed by atoms with Crippen LogP contribution in [0.1, 0.15) is 25.7 Å². The molecule has 0 saturated heterocycles. The van der Waals surface area contributed by atoms with Crippen LogP contribution in [-0.4, -0.2) is 28.3 Å². The van der Waals surface area contributed by atoms with Crippen LogP contribution in [0.3, 0.4) is 0 Å². The van der Waals surface area contributed by atoms with Crippen LogP contribution in [-0.2, 0) is 13.5 Å². The fourth-order valence-electron chi connectivity index (χ4n) is 3.18.